The van der Waals surface area contributed by atoms with Crippen LogP contribution in [-0.2, 0) is 6.42 Å². The van der Waals surface area contributed by atoms with E-state index in [1.165, 1.54) is 18.2 Å². The summed E-state index contributed by atoms with van der Waals surface area (Å²) in [4.78, 5) is 4.14. The lowest BCUT2D eigenvalue weighted by atomic mass is 10.0. The quantitative estimate of drug-likeness (QED) is 0.769. The summed E-state index contributed by atoms with van der Waals surface area (Å²) in [5.74, 6) is -0.539. The summed E-state index contributed by atoms with van der Waals surface area (Å²) < 4.78 is 52.4. The molecule has 0 radical (unpaired) electrons. The van der Waals surface area contributed by atoms with E-state index < -0.39 is 24.8 Å². The van der Waals surface area contributed by atoms with Gasteiger partial charge in [0.1, 0.15) is 18.7 Å². The SMILES string of the molecule is Cc1cc(CC(F)C(F)CF)c2c(F)cccc2n1. The predicted octanol–water partition coefficient (Wildman–Crippen LogP) is 3.87. The summed E-state index contributed by atoms with van der Waals surface area (Å²) in [5, 5.41) is 0.168. The Kier molecular flexibility index (Phi) is 4.02. The molecule has 0 aliphatic heterocycles. The first kappa shape index (κ1) is 13.8. The standard InChI is InChI=1S/C14H13F4N/c1-8-5-9(6-11(17)12(18)7-15)14-10(16)3-2-4-13(14)19-8/h2-5,11-12H,6-7H2,1H3. The van der Waals surface area contributed by atoms with Crippen LogP contribution >= 0.6 is 0 Å². The van der Waals surface area contributed by atoms with Crippen molar-refractivity contribution in [3.05, 3.63) is 41.3 Å². The molecule has 2 aromatic rings. The van der Waals surface area contributed by atoms with Gasteiger partial charge < -0.3 is 0 Å². The third-order valence-electron chi connectivity index (χ3n) is 2.95. The number of aromatic nitrogens is 1. The maximum atomic E-state index is 13.8. The van der Waals surface area contributed by atoms with Gasteiger partial charge in [-0.05, 0) is 30.7 Å². The zero-order valence-corrected chi connectivity index (χ0v) is 10.3. The first-order valence-electron chi connectivity index (χ1n) is 5.91. The van der Waals surface area contributed by atoms with Gasteiger partial charge in [-0.25, -0.2) is 17.6 Å². The molecule has 1 aromatic heterocycles. The number of nitrogens with zero attached hydrogens (tertiary/aromatic N) is 1. The van der Waals surface area contributed by atoms with Crippen molar-refractivity contribution in [2.75, 3.05) is 6.67 Å². The Labute approximate surface area is 108 Å². The fourth-order valence-corrected chi connectivity index (χ4v) is 2.07. The lowest BCUT2D eigenvalue weighted by molar-refractivity contribution is 0.137. The lowest BCUT2D eigenvalue weighted by Gasteiger charge is -2.13. The second kappa shape index (κ2) is 5.55. The minimum atomic E-state index is -2.18. The minimum Gasteiger partial charge on any atom is -0.253 e. The van der Waals surface area contributed by atoms with Crippen LogP contribution in [0.15, 0.2) is 24.3 Å². The van der Waals surface area contributed by atoms with E-state index >= 15 is 0 Å². The van der Waals surface area contributed by atoms with Crippen molar-refractivity contribution >= 4 is 10.9 Å². The van der Waals surface area contributed by atoms with Gasteiger partial charge in [-0.3, -0.25) is 4.98 Å². The van der Waals surface area contributed by atoms with Gasteiger partial charge in [0.05, 0.1) is 5.52 Å². The van der Waals surface area contributed by atoms with E-state index in [0.29, 0.717) is 16.8 Å². The topological polar surface area (TPSA) is 12.9 Å². The van der Waals surface area contributed by atoms with Gasteiger partial charge >= 0.3 is 0 Å². The molecular weight excluding hydrogens is 258 g/mol. The smallest absolute Gasteiger partial charge is 0.160 e. The van der Waals surface area contributed by atoms with Crippen LogP contribution in [0.25, 0.3) is 10.9 Å². The number of fused-ring (bicyclic) bond motifs is 1. The fraction of sp³-hybridized carbons (Fsp3) is 0.357. The molecule has 5 heteroatoms. The molecule has 2 atom stereocenters. The van der Waals surface area contributed by atoms with E-state index in [0.717, 1.165) is 0 Å². The van der Waals surface area contributed by atoms with Gasteiger partial charge in [0.2, 0.25) is 0 Å². The van der Waals surface area contributed by atoms with Crippen LogP contribution < -0.4 is 0 Å². The normalized spacial score (nSPS) is 14.6. The maximum Gasteiger partial charge on any atom is 0.160 e. The molecule has 2 rings (SSSR count). The molecule has 1 heterocycles. The van der Waals surface area contributed by atoms with Crippen molar-refractivity contribution in [3.8, 4) is 0 Å². The van der Waals surface area contributed by atoms with Crippen molar-refractivity contribution in [1.82, 2.24) is 4.98 Å². The van der Waals surface area contributed by atoms with Gasteiger partial charge in [-0.1, -0.05) is 6.07 Å². The molecule has 19 heavy (non-hydrogen) atoms. The highest BCUT2D eigenvalue weighted by Crippen LogP contribution is 2.24. The number of hydrogen-bond donors (Lipinski definition) is 0. The van der Waals surface area contributed by atoms with E-state index in [2.05, 4.69) is 4.98 Å². The van der Waals surface area contributed by atoms with Crippen molar-refractivity contribution in [1.29, 1.82) is 0 Å². The Balaban J connectivity index is 2.47. The van der Waals surface area contributed by atoms with E-state index in [1.54, 1.807) is 13.0 Å². The summed E-state index contributed by atoms with van der Waals surface area (Å²) in [5.41, 5.74) is 1.28. The molecule has 0 amide bonds. The van der Waals surface area contributed by atoms with Gasteiger partial charge in [0.15, 0.2) is 6.17 Å². The first-order valence-corrected chi connectivity index (χ1v) is 5.91. The monoisotopic (exact) mass is 271 g/mol. The molecule has 1 nitrogen and oxygen atoms in total. The number of benzene rings is 1. The number of alkyl halides is 3. The van der Waals surface area contributed by atoms with E-state index in [9.17, 15) is 17.6 Å². The van der Waals surface area contributed by atoms with E-state index in [1.807, 2.05) is 0 Å². The van der Waals surface area contributed by atoms with E-state index in [-0.39, 0.29) is 11.8 Å². The summed E-state index contributed by atoms with van der Waals surface area (Å²) in [6.45, 7) is 0.300. The summed E-state index contributed by atoms with van der Waals surface area (Å²) in [6, 6.07) is 5.84. The van der Waals surface area contributed by atoms with Crippen molar-refractivity contribution < 1.29 is 17.6 Å². The average molecular weight is 271 g/mol. The molecule has 102 valence electrons. The number of rotatable bonds is 4. The molecule has 2 unspecified atom stereocenters. The molecule has 0 aliphatic carbocycles. The molecule has 0 spiro atoms. The predicted molar refractivity (Wildman–Crippen MR) is 65.9 cm³/mol. The Hall–Kier alpha value is -1.65. The van der Waals surface area contributed by atoms with Crippen molar-refractivity contribution in [2.45, 2.75) is 25.7 Å². The van der Waals surface area contributed by atoms with Crippen LogP contribution in [0, 0.1) is 12.7 Å². The average Bonchev–Trinajstić information content (AvgIpc) is 2.37. The fourth-order valence-electron chi connectivity index (χ4n) is 2.07. The molecule has 0 N–H and O–H groups in total. The highest BCUT2D eigenvalue weighted by Gasteiger charge is 2.22. The van der Waals surface area contributed by atoms with Crippen LogP contribution in [-0.4, -0.2) is 24.0 Å². The van der Waals surface area contributed by atoms with Crippen LogP contribution in [0.5, 0.6) is 0 Å². The number of halogens is 4. The Bertz CT molecular complexity index is 585. The molecule has 0 fully saturated rings. The van der Waals surface area contributed by atoms with Gasteiger partial charge in [0, 0.05) is 17.5 Å². The molecular formula is C14H13F4N. The zero-order chi connectivity index (χ0) is 14.0. The zero-order valence-electron chi connectivity index (χ0n) is 10.3. The first-order chi connectivity index (χ1) is 9.02. The third kappa shape index (κ3) is 2.85. The third-order valence-corrected chi connectivity index (χ3v) is 2.95. The summed E-state index contributed by atoms with van der Waals surface area (Å²) >= 11 is 0. The van der Waals surface area contributed by atoms with Crippen LogP contribution in [0.1, 0.15) is 11.3 Å². The largest absolute Gasteiger partial charge is 0.253 e. The van der Waals surface area contributed by atoms with E-state index in [4.69, 9.17) is 0 Å². The highest BCUT2D eigenvalue weighted by atomic mass is 19.2. The van der Waals surface area contributed by atoms with Gasteiger partial charge in [-0.15, -0.1) is 0 Å². The highest BCUT2D eigenvalue weighted by molar-refractivity contribution is 5.83. The number of hydrogen-bond acceptors (Lipinski definition) is 1. The van der Waals surface area contributed by atoms with Crippen molar-refractivity contribution in [2.24, 2.45) is 0 Å². The van der Waals surface area contributed by atoms with Gasteiger partial charge in [-0.2, -0.15) is 0 Å². The number of aryl methyl sites for hydroxylation is 1. The summed E-state index contributed by atoms with van der Waals surface area (Å²) in [7, 11) is 0. The van der Waals surface area contributed by atoms with Crippen LogP contribution in [0.4, 0.5) is 17.6 Å². The van der Waals surface area contributed by atoms with Crippen molar-refractivity contribution in [3.63, 3.8) is 0 Å². The Morgan fingerprint density at radius 3 is 2.63 bits per heavy atom. The Morgan fingerprint density at radius 2 is 1.95 bits per heavy atom. The minimum absolute atomic E-state index is 0.168. The lowest BCUT2D eigenvalue weighted by Crippen LogP contribution is -2.22. The summed E-state index contributed by atoms with van der Waals surface area (Å²) in [6.07, 6.45) is -4.55. The Morgan fingerprint density at radius 1 is 1.21 bits per heavy atom. The van der Waals surface area contributed by atoms with Crippen LogP contribution in [0.3, 0.4) is 0 Å². The maximum absolute atomic E-state index is 13.8. The molecule has 1 aromatic carbocycles. The second-order valence-corrected chi connectivity index (χ2v) is 4.45. The molecule has 0 saturated carbocycles. The number of pyridine rings is 1. The van der Waals surface area contributed by atoms with Crippen LogP contribution in [0.2, 0.25) is 0 Å². The molecule has 0 bridgehead atoms. The second-order valence-electron chi connectivity index (χ2n) is 4.45. The van der Waals surface area contributed by atoms with Gasteiger partial charge in [0.25, 0.3) is 0 Å². The molecule has 0 saturated heterocycles. The molecule has 0 aliphatic rings.